The first-order chi connectivity index (χ1) is 7.25. The van der Waals surface area contributed by atoms with Gasteiger partial charge in [-0.3, -0.25) is 0 Å². The van der Waals surface area contributed by atoms with E-state index in [1.165, 1.54) is 0 Å². The molecule has 1 aromatic rings. The predicted octanol–water partition coefficient (Wildman–Crippen LogP) is 1.16. The van der Waals surface area contributed by atoms with Crippen molar-refractivity contribution in [1.29, 1.82) is 0 Å². The summed E-state index contributed by atoms with van der Waals surface area (Å²) in [7, 11) is 1.65. The highest BCUT2D eigenvalue weighted by Crippen LogP contribution is 2.46. The molecule has 15 heavy (non-hydrogen) atoms. The van der Waals surface area contributed by atoms with E-state index in [0.29, 0.717) is 18.3 Å². The molecule has 5 heteroatoms. The Balaban J connectivity index is 2.17. The summed E-state index contributed by atoms with van der Waals surface area (Å²) < 4.78 is 10.5. The number of ether oxygens (including phenoxy) is 1. The Morgan fingerprint density at radius 2 is 2.33 bits per heavy atom. The number of aromatic nitrogens is 2. The monoisotopic (exact) mass is 211 g/mol. The van der Waals surface area contributed by atoms with E-state index in [9.17, 15) is 0 Å². The standard InChI is InChI=1S/C10H17N3O2/c1-3-7(14-2)8-12-9(15-13-8)10(6-11)4-5-10/h7H,3-6,11H2,1-2H3. The van der Waals surface area contributed by atoms with Gasteiger partial charge in [0.1, 0.15) is 6.10 Å². The first kappa shape index (κ1) is 10.6. The Kier molecular flexibility index (Phi) is 2.75. The highest BCUT2D eigenvalue weighted by molar-refractivity contribution is 5.16. The van der Waals surface area contributed by atoms with E-state index < -0.39 is 0 Å². The molecule has 0 aliphatic heterocycles. The molecule has 1 aliphatic carbocycles. The van der Waals surface area contributed by atoms with Crippen LogP contribution in [0.25, 0.3) is 0 Å². The zero-order chi connectivity index (χ0) is 10.9. The zero-order valence-corrected chi connectivity index (χ0v) is 9.19. The van der Waals surface area contributed by atoms with Gasteiger partial charge in [-0.05, 0) is 19.3 Å². The molecule has 0 spiro atoms. The molecule has 0 bridgehead atoms. The highest BCUT2D eigenvalue weighted by Gasteiger charge is 2.48. The summed E-state index contributed by atoms with van der Waals surface area (Å²) in [5, 5.41) is 3.95. The summed E-state index contributed by atoms with van der Waals surface area (Å²) in [4.78, 5) is 4.37. The number of nitrogens with zero attached hydrogens (tertiary/aromatic N) is 2. The van der Waals surface area contributed by atoms with Crippen molar-refractivity contribution in [2.45, 2.75) is 37.7 Å². The fraction of sp³-hybridized carbons (Fsp3) is 0.800. The molecule has 1 aromatic heterocycles. The van der Waals surface area contributed by atoms with Gasteiger partial charge in [0.15, 0.2) is 0 Å². The molecule has 2 N–H and O–H groups in total. The second-order valence-corrected chi connectivity index (χ2v) is 4.07. The summed E-state index contributed by atoms with van der Waals surface area (Å²) in [6.07, 6.45) is 2.87. The van der Waals surface area contributed by atoms with Crippen LogP contribution in [0.15, 0.2) is 4.52 Å². The van der Waals surface area contributed by atoms with Crippen molar-refractivity contribution in [2.24, 2.45) is 5.73 Å². The fourth-order valence-corrected chi connectivity index (χ4v) is 1.69. The van der Waals surface area contributed by atoms with Gasteiger partial charge in [0, 0.05) is 13.7 Å². The molecule has 1 unspecified atom stereocenters. The lowest BCUT2D eigenvalue weighted by Crippen LogP contribution is -2.20. The molecule has 0 radical (unpaired) electrons. The van der Waals surface area contributed by atoms with E-state index in [2.05, 4.69) is 10.1 Å². The third-order valence-electron chi connectivity index (χ3n) is 3.08. The van der Waals surface area contributed by atoms with Crippen molar-refractivity contribution in [2.75, 3.05) is 13.7 Å². The molecule has 5 nitrogen and oxygen atoms in total. The molecule has 1 saturated carbocycles. The van der Waals surface area contributed by atoms with E-state index in [1.807, 2.05) is 6.92 Å². The van der Waals surface area contributed by atoms with Crippen LogP contribution in [0, 0.1) is 0 Å². The average molecular weight is 211 g/mol. The van der Waals surface area contributed by atoms with Gasteiger partial charge < -0.3 is 15.0 Å². The van der Waals surface area contributed by atoms with Gasteiger partial charge >= 0.3 is 0 Å². The molecule has 84 valence electrons. The van der Waals surface area contributed by atoms with Gasteiger partial charge in [-0.15, -0.1) is 0 Å². The van der Waals surface area contributed by atoms with E-state index in [0.717, 1.165) is 19.3 Å². The molecule has 0 aromatic carbocycles. The van der Waals surface area contributed by atoms with Crippen LogP contribution in [-0.4, -0.2) is 23.8 Å². The number of hydrogen-bond donors (Lipinski definition) is 1. The van der Waals surface area contributed by atoms with Gasteiger partial charge in [0.05, 0.1) is 5.41 Å². The Morgan fingerprint density at radius 1 is 1.60 bits per heavy atom. The van der Waals surface area contributed by atoms with Crippen LogP contribution in [0.2, 0.25) is 0 Å². The van der Waals surface area contributed by atoms with Gasteiger partial charge in [-0.1, -0.05) is 12.1 Å². The summed E-state index contributed by atoms with van der Waals surface area (Å²) in [5.74, 6) is 1.31. The highest BCUT2D eigenvalue weighted by atomic mass is 16.5. The van der Waals surface area contributed by atoms with Crippen molar-refractivity contribution in [1.82, 2.24) is 10.1 Å². The molecular weight excluding hydrogens is 194 g/mol. The lowest BCUT2D eigenvalue weighted by Gasteiger charge is -2.07. The van der Waals surface area contributed by atoms with Crippen LogP contribution in [0.4, 0.5) is 0 Å². The summed E-state index contributed by atoms with van der Waals surface area (Å²) in [5.41, 5.74) is 5.66. The van der Waals surface area contributed by atoms with Gasteiger partial charge in [0.2, 0.25) is 11.7 Å². The van der Waals surface area contributed by atoms with Gasteiger partial charge in [0.25, 0.3) is 0 Å². The smallest absolute Gasteiger partial charge is 0.234 e. The minimum Gasteiger partial charge on any atom is -0.373 e. The average Bonchev–Trinajstić information content (AvgIpc) is 2.93. The fourth-order valence-electron chi connectivity index (χ4n) is 1.69. The van der Waals surface area contributed by atoms with Crippen LogP contribution >= 0.6 is 0 Å². The third-order valence-corrected chi connectivity index (χ3v) is 3.08. The van der Waals surface area contributed by atoms with E-state index >= 15 is 0 Å². The Morgan fingerprint density at radius 3 is 2.80 bits per heavy atom. The molecule has 1 atom stereocenters. The van der Waals surface area contributed by atoms with Gasteiger partial charge in [-0.2, -0.15) is 4.98 Å². The summed E-state index contributed by atoms with van der Waals surface area (Å²) in [6.45, 7) is 2.61. The van der Waals surface area contributed by atoms with Crippen molar-refractivity contribution in [3.63, 3.8) is 0 Å². The normalized spacial score (nSPS) is 20.2. The van der Waals surface area contributed by atoms with Crippen molar-refractivity contribution in [3.05, 3.63) is 11.7 Å². The van der Waals surface area contributed by atoms with Crippen molar-refractivity contribution in [3.8, 4) is 0 Å². The van der Waals surface area contributed by atoms with Crippen LogP contribution in [-0.2, 0) is 10.2 Å². The van der Waals surface area contributed by atoms with Crippen LogP contribution in [0.3, 0.4) is 0 Å². The maximum Gasteiger partial charge on any atom is 0.234 e. The van der Waals surface area contributed by atoms with E-state index in [4.69, 9.17) is 15.0 Å². The molecule has 0 amide bonds. The van der Waals surface area contributed by atoms with Crippen LogP contribution in [0.5, 0.6) is 0 Å². The van der Waals surface area contributed by atoms with Crippen LogP contribution in [0.1, 0.15) is 44.0 Å². The molecule has 0 saturated heterocycles. The minimum atomic E-state index is -0.0731. The maximum atomic E-state index is 5.69. The maximum absolute atomic E-state index is 5.69. The molecule has 2 rings (SSSR count). The number of hydrogen-bond acceptors (Lipinski definition) is 5. The second-order valence-electron chi connectivity index (χ2n) is 4.07. The quantitative estimate of drug-likeness (QED) is 0.791. The topological polar surface area (TPSA) is 74.2 Å². The number of nitrogens with two attached hydrogens (primary N) is 1. The van der Waals surface area contributed by atoms with Crippen molar-refractivity contribution < 1.29 is 9.26 Å². The zero-order valence-electron chi connectivity index (χ0n) is 9.19. The Labute approximate surface area is 89.0 Å². The predicted molar refractivity (Wildman–Crippen MR) is 54.3 cm³/mol. The molecular formula is C10H17N3O2. The molecule has 1 fully saturated rings. The largest absolute Gasteiger partial charge is 0.373 e. The minimum absolute atomic E-state index is 0.0305. The SMILES string of the molecule is CCC(OC)c1noc(C2(CN)CC2)n1. The number of rotatable bonds is 5. The first-order valence-electron chi connectivity index (χ1n) is 5.32. The third kappa shape index (κ3) is 1.77. The summed E-state index contributed by atoms with van der Waals surface area (Å²) >= 11 is 0. The lowest BCUT2D eigenvalue weighted by molar-refractivity contribution is 0.0903. The van der Waals surface area contributed by atoms with E-state index in [-0.39, 0.29) is 11.5 Å². The Bertz CT molecular complexity index is 329. The van der Waals surface area contributed by atoms with Crippen LogP contribution < -0.4 is 5.73 Å². The summed E-state index contributed by atoms with van der Waals surface area (Å²) in [6, 6.07) is 0. The number of methoxy groups -OCH3 is 1. The first-order valence-corrected chi connectivity index (χ1v) is 5.32. The van der Waals surface area contributed by atoms with Gasteiger partial charge in [-0.25, -0.2) is 0 Å². The lowest BCUT2D eigenvalue weighted by atomic mass is 10.1. The Hall–Kier alpha value is -0.940. The van der Waals surface area contributed by atoms with E-state index in [1.54, 1.807) is 7.11 Å². The second kappa shape index (κ2) is 3.90. The molecule has 1 aliphatic rings. The molecule has 1 heterocycles. The van der Waals surface area contributed by atoms with Crippen molar-refractivity contribution >= 4 is 0 Å².